The van der Waals surface area contributed by atoms with E-state index in [2.05, 4.69) is 10.3 Å². The van der Waals surface area contributed by atoms with E-state index in [-0.39, 0.29) is 0 Å². The molecule has 1 heterocycles. The maximum Gasteiger partial charge on any atom is 0.389 e. The van der Waals surface area contributed by atoms with Crippen LogP contribution in [-0.2, 0) is 6.54 Å². The highest BCUT2D eigenvalue weighted by Crippen LogP contribution is 2.24. The Morgan fingerprint density at radius 3 is 2.44 bits per heavy atom. The molecule has 1 aromatic heterocycles. The van der Waals surface area contributed by atoms with Crippen molar-refractivity contribution < 1.29 is 31.9 Å². The fraction of sp³-hybridized carbons (Fsp3) is 0.625. The van der Waals surface area contributed by atoms with Crippen molar-refractivity contribution in [3.8, 4) is 0 Å². The van der Waals surface area contributed by atoms with Gasteiger partial charge < -0.3 is 5.11 Å². The summed E-state index contributed by atoms with van der Waals surface area (Å²) in [7, 11) is 0. The number of hydrogen-bond donors (Lipinski definition) is 1. The first-order valence-corrected chi connectivity index (χ1v) is 4.74. The summed E-state index contributed by atoms with van der Waals surface area (Å²) in [5, 5.41) is 14.7. The molecule has 0 spiro atoms. The Morgan fingerprint density at radius 1 is 1.39 bits per heavy atom. The zero-order valence-electron chi connectivity index (χ0n) is 8.79. The molecule has 0 fully saturated rings. The molecule has 0 aromatic carbocycles. The highest BCUT2D eigenvalue weighted by Gasteiger charge is 2.29. The highest BCUT2D eigenvalue weighted by atomic mass is 19.4. The Morgan fingerprint density at radius 2 is 2.00 bits per heavy atom. The Kier molecular flexibility index (Phi) is 4.19. The second-order valence-electron chi connectivity index (χ2n) is 3.37. The van der Waals surface area contributed by atoms with Crippen LogP contribution in [0.1, 0.15) is 35.4 Å². The number of aromatic carboxylic acids is 1. The molecule has 0 aliphatic heterocycles. The third-order valence-corrected chi connectivity index (χ3v) is 2.01. The molecule has 0 aliphatic rings. The molecule has 0 saturated heterocycles. The third-order valence-electron chi connectivity index (χ3n) is 2.01. The summed E-state index contributed by atoms with van der Waals surface area (Å²) < 4.78 is 61.2. The zero-order valence-corrected chi connectivity index (χ0v) is 8.79. The number of carboxylic acid groups (broad SMARTS) is 1. The van der Waals surface area contributed by atoms with Gasteiger partial charge >= 0.3 is 12.1 Å². The number of carbonyl (C=O) groups is 1. The molecule has 0 amide bonds. The minimum atomic E-state index is -4.40. The minimum Gasteiger partial charge on any atom is -0.476 e. The predicted octanol–water partition coefficient (Wildman–Crippen LogP) is 2.26. The first-order chi connectivity index (χ1) is 8.22. The summed E-state index contributed by atoms with van der Waals surface area (Å²) in [5.41, 5.74) is -1.93. The zero-order chi connectivity index (χ0) is 13.9. The van der Waals surface area contributed by atoms with Gasteiger partial charge in [0.05, 0.1) is 0 Å². The lowest BCUT2D eigenvalue weighted by atomic mass is 10.3. The lowest BCUT2D eigenvalue weighted by molar-refractivity contribution is -0.136. The van der Waals surface area contributed by atoms with Gasteiger partial charge in [-0.25, -0.2) is 18.3 Å². The van der Waals surface area contributed by atoms with E-state index >= 15 is 0 Å². The molecule has 0 unspecified atom stereocenters. The molecule has 1 N–H and O–H groups in total. The quantitative estimate of drug-likeness (QED) is 0.835. The van der Waals surface area contributed by atoms with Crippen LogP contribution in [0.5, 0.6) is 0 Å². The maximum atomic E-state index is 12.6. The summed E-state index contributed by atoms with van der Waals surface area (Å²) in [4.78, 5) is 10.5. The Hall–Kier alpha value is -1.74. The van der Waals surface area contributed by atoms with Crippen molar-refractivity contribution in [3.05, 3.63) is 11.4 Å². The molecule has 18 heavy (non-hydrogen) atoms. The van der Waals surface area contributed by atoms with E-state index in [9.17, 15) is 26.7 Å². The Bertz CT molecular complexity index is 429. The number of nitrogens with zero attached hydrogens (tertiary/aromatic N) is 3. The fourth-order valence-electron chi connectivity index (χ4n) is 1.28. The molecule has 5 nitrogen and oxygen atoms in total. The molecule has 102 valence electrons. The standard InChI is InChI=1S/C8H8F5N3O2/c9-6(10)5-4(7(17)18)14-15-16(5)3-1-2-8(11,12)13/h6H,1-3H2,(H,17,18). The topological polar surface area (TPSA) is 68.0 Å². The highest BCUT2D eigenvalue weighted by molar-refractivity contribution is 5.86. The summed E-state index contributed by atoms with van der Waals surface area (Å²) in [6.07, 6.45) is -9.22. The van der Waals surface area contributed by atoms with E-state index in [4.69, 9.17) is 5.11 Å². The largest absolute Gasteiger partial charge is 0.476 e. The first kappa shape index (κ1) is 14.3. The van der Waals surface area contributed by atoms with Crippen molar-refractivity contribution in [2.45, 2.75) is 32.0 Å². The molecule has 1 rings (SSSR count). The predicted molar refractivity (Wildman–Crippen MR) is 47.2 cm³/mol. The molecule has 0 atom stereocenters. The van der Waals surface area contributed by atoms with Gasteiger partial charge in [-0.05, 0) is 6.42 Å². The Balaban J connectivity index is 2.80. The van der Waals surface area contributed by atoms with Crippen LogP contribution in [0.4, 0.5) is 22.0 Å². The second-order valence-corrected chi connectivity index (χ2v) is 3.37. The van der Waals surface area contributed by atoms with Crippen molar-refractivity contribution >= 4 is 5.97 Å². The molecular formula is C8H8F5N3O2. The van der Waals surface area contributed by atoms with E-state index in [1.165, 1.54) is 0 Å². The number of halogens is 5. The van der Waals surface area contributed by atoms with E-state index in [1.807, 2.05) is 0 Å². The second kappa shape index (κ2) is 5.27. The summed E-state index contributed by atoms with van der Waals surface area (Å²) in [6, 6.07) is 0. The summed E-state index contributed by atoms with van der Waals surface area (Å²) in [6.45, 7) is -0.473. The van der Waals surface area contributed by atoms with Gasteiger partial charge in [-0.15, -0.1) is 5.10 Å². The lowest BCUT2D eigenvalue weighted by Gasteiger charge is -2.08. The van der Waals surface area contributed by atoms with Crippen molar-refractivity contribution in [3.63, 3.8) is 0 Å². The smallest absolute Gasteiger partial charge is 0.389 e. The van der Waals surface area contributed by atoms with Crippen LogP contribution in [0.2, 0.25) is 0 Å². The molecule has 0 radical (unpaired) electrons. The van der Waals surface area contributed by atoms with Crippen molar-refractivity contribution in [2.75, 3.05) is 0 Å². The van der Waals surface area contributed by atoms with Gasteiger partial charge in [-0.3, -0.25) is 0 Å². The molecule has 0 aliphatic carbocycles. The number of aromatic nitrogens is 3. The van der Waals surface area contributed by atoms with Crippen molar-refractivity contribution in [1.82, 2.24) is 15.0 Å². The molecule has 1 aromatic rings. The number of rotatable bonds is 5. The average Bonchev–Trinajstić information content (AvgIpc) is 2.59. The van der Waals surface area contributed by atoms with E-state index in [0.29, 0.717) is 4.68 Å². The summed E-state index contributed by atoms with van der Waals surface area (Å²) in [5.74, 6) is -1.70. The molecule has 0 saturated carbocycles. The van der Waals surface area contributed by atoms with Crippen molar-refractivity contribution in [1.29, 1.82) is 0 Å². The van der Waals surface area contributed by atoms with Crippen LogP contribution in [0.15, 0.2) is 0 Å². The van der Waals surface area contributed by atoms with Gasteiger partial charge in [-0.1, -0.05) is 5.21 Å². The molecule has 10 heteroatoms. The van der Waals surface area contributed by atoms with E-state index in [1.54, 1.807) is 0 Å². The van der Waals surface area contributed by atoms with Gasteiger partial charge in [0.2, 0.25) is 0 Å². The van der Waals surface area contributed by atoms with Gasteiger partial charge in [0.1, 0.15) is 5.69 Å². The van der Waals surface area contributed by atoms with Gasteiger partial charge in [-0.2, -0.15) is 13.2 Å². The fourth-order valence-corrected chi connectivity index (χ4v) is 1.28. The van der Waals surface area contributed by atoms with Crippen LogP contribution in [0.25, 0.3) is 0 Å². The van der Waals surface area contributed by atoms with Crippen molar-refractivity contribution in [2.24, 2.45) is 0 Å². The Labute approximate surface area is 97.2 Å². The van der Waals surface area contributed by atoms with Crippen LogP contribution in [0, 0.1) is 0 Å². The average molecular weight is 273 g/mol. The molecular weight excluding hydrogens is 265 g/mol. The van der Waals surface area contributed by atoms with E-state index < -0.39 is 49.3 Å². The normalized spacial score (nSPS) is 12.1. The van der Waals surface area contributed by atoms with E-state index in [0.717, 1.165) is 0 Å². The number of aryl methyl sites for hydroxylation is 1. The van der Waals surface area contributed by atoms with Crippen LogP contribution >= 0.6 is 0 Å². The minimum absolute atomic E-state index is 0.473. The van der Waals surface area contributed by atoms with Gasteiger partial charge in [0.15, 0.2) is 5.69 Å². The van der Waals surface area contributed by atoms with Gasteiger partial charge in [0.25, 0.3) is 6.43 Å². The third kappa shape index (κ3) is 3.64. The van der Waals surface area contributed by atoms with Gasteiger partial charge in [0, 0.05) is 13.0 Å². The van der Waals surface area contributed by atoms with Crippen LogP contribution in [-0.4, -0.2) is 32.2 Å². The summed E-state index contributed by atoms with van der Waals surface area (Å²) >= 11 is 0. The lowest BCUT2D eigenvalue weighted by Crippen LogP contribution is -2.12. The number of hydrogen-bond acceptors (Lipinski definition) is 3. The molecule has 0 bridgehead atoms. The number of alkyl halides is 5. The van der Waals surface area contributed by atoms with Crippen LogP contribution < -0.4 is 0 Å². The monoisotopic (exact) mass is 273 g/mol. The maximum absolute atomic E-state index is 12.6. The van der Waals surface area contributed by atoms with Crippen LogP contribution in [0.3, 0.4) is 0 Å². The number of carboxylic acids is 1. The first-order valence-electron chi connectivity index (χ1n) is 4.74. The SMILES string of the molecule is O=C(O)c1nnn(CCCC(F)(F)F)c1C(F)F.